The molecule has 0 spiro atoms. The maximum absolute atomic E-state index is 12.7. The Kier molecular flexibility index (Phi) is 5.76. The molecule has 4 atom stereocenters. The number of aromatic nitrogens is 2. The second-order valence-electron chi connectivity index (χ2n) is 8.15. The molecule has 2 fully saturated rings. The fourth-order valence-electron chi connectivity index (χ4n) is 4.76. The highest BCUT2D eigenvalue weighted by atomic mass is 16.5. The minimum Gasteiger partial charge on any atom is -0.465 e. The number of anilines is 1. The lowest BCUT2D eigenvalue weighted by atomic mass is 9.77. The van der Waals surface area contributed by atoms with Crippen molar-refractivity contribution in [2.45, 2.75) is 25.0 Å². The summed E-state index contributed by atoms with van der Waals surface area (Å²) in [6.07, 6.45) is 5.19. The molecule has 2 aromatic heterocycles. The van der Waals surface area contributed by atoms with E-state index in [1.165, 1.54) is 7.11 Å². The van der Waals surface area contributed by atoms with E-state index in [0.29, 0.717) is 23.1 Å². The lowest BCUT2D eigenvalue weighted by Gasteiger charge is -2.37. The third-order valence-electron chi connectivity index (χ3n) is 6.41. The van der Waals surface area contributed by atoms with Crippen LogP contribution in [-0.4, -0.2) is 60.9 Å². The predicted octanol–water partition coefficient (Wildman–Crippen LogP) is 1.87. The SMILES string of the molecule is COC(=O)c1ccc(N2C[C@H]3C[C@H](OC)[C@@H](NC(=O)c4cccn4C)C[C@H]3C2)nc1. The molecule has 1 amide bonds. The van der Waals surface area contributed by atoms with Crippen LogP contribution in [0.2, 0.25) is 0 Å². The topological polar surface area (TPSA) is 85.7 Å². The van der Waals surface area contributed by atoms with Crippen LogP contribution >= 0.6 is 0 Å². The van der Waals surface area contributed by atoms with E-state index in [-0.39, 0.29) is 24.0 Å². The first kappa shape index (κ1) is 20.4. The van der Waals surface area contributed by atoms with E-state index in [0.717, 1.165) is 31.7 Å². The number of methoxy groups -OCH3 is 2. The number of hydrogen-bond donors (Lipinski definition) is 1. The summed E-state index contributed by atoms with van der Waals surface area (Å²) >= 11 is 0. The van der Waals surface area contributed by atoms with Gasteiger partial charge in [-0.05, 0) is 48.9 Å². The van der Waals surface area contributed by atoms with Gasteiger partial charge in [0.1, 0.15) is 11.5 Å². The van der Waals surface area contributed by atoms with Crippen molar-refractivity contribution in [3.8, 4) is 0 Å². The fourth-order valence-corrected chi connectivity index (χ4v) is 4.76. The van der Waals surface area contributed by atoms with Crippen molar-refractivity contribution < 1.29 is 19.1 Å². The summed E-state index contributed by atoms with van der Waals surface area (Å²) < 4.78 is 12.3. The Morgan fingerprint density at radius 1 is 1.13 bits per heavy atom. The van der Waals surface area contributed by atoms with E-state index in [2.05, 4.69) is 15.2 Å². The molecule has 8 heteroatoms. The highest BCUT2D eigenvalue weighted by molar-refractivity contribution is 5.93. The van der Waals surface area contributed by atoms with Gasteiger partial charge in [-0.2, -0.15) is 0 Å². The first-order chi connectivity index (χ1) is 14.5. The molecule has 3 heterocycles. The highest BCUT2D eigenvalue weighted by Gasteiger charge is 2.43. The molecule has 1 saturated carbocycles. The van der Waals surface area contributed by atoms with Crippen molar-refractivity contribution in [3.05, 3.63) is 47.9 Å². The number of esters is 1. The third kappa shape index (κ3) is 3.92. The third-order valence-corrected chi connectivity index (χ3v) is 6.41. The van der Waals surface area contributed by atoms with Crippen LogP contribution in [0.15, 0.2) is 36.7 Å². The Labute approximate surface area is 176 Å². The Hall–Kier alpha value is -2.87. The molecule has 0 unspecified atom stereocenters. The number of carbonyl (C=O) groups excluding carboxylic acids is 2. The largest absolute Gasteiger partial charge is 0.465 e. The number of fused-ring (bicyclic) bond motifs is 1. The van der Waals surface area contributed by atoms with Gasteiger partial charge in [0.15, 0.2) is 0 Å². The monoisotopic (exact) mass is 412 g/mol. The van der Waals surface area contributed by atoms with Gasteiger partial charge in [0, 0.05) is 39.6 Å². The van der Waals surface area contributed by atoms with Gasteiger partial charge in [0.05, 0.1) is 24.8 Å². The number of hydrogen-bond acceptors (Lipinski definition) is 6. The van der Waals surface area contributed by atoms with Crippen molar-refractivity contribution in [2.75, 3.05) is 32.2 Å². The van der Waals surface area contributed by atoms with E-state index in [1.807, 2.05) is 36.0 Å². The van der Waals surface area contributed by atoms with E-state index < -0.39 is 0 Å². The molecular weight excluding hydrogens is 384 g/mol. The van der Waals surface area contributed by atoms with Crippen LogP contribution in [0.5, 0.6) is 0 Å². The number of ether oxygens (including phenoxy) is 2. The van der Waals surface area contributed by atoms with Crippen molar-refractivity contribution in [1.29, 1.82) is 0 Å². The number of carbonyl (C=O) groups is 2. The fraction of sp³-hybridized carbons (Fsp3) is 0.500. The molecule has 1 saturated heterocycles. The van der Waals surface area contributed by atoms with Gasteiger partial charge >= 0.3 is 5.97 Å². The van der Waals surface area contributed by atoms with Gasteiger partial charge in [0.25, 0.3) is 5.91 Å². The van der Waals surface area contributed by atoms with Crippen LogP contribution in [0.4, 0.5) is 5.82 Å². The lowest BCUT2D eigenvalue weighted by molar-refractivity contribution is 0.0124. The zero-order valence-corrected chi connectivity index (χ0v) is 17.6. The average Bonchev–Trinajstić information content (AvgIpc) is 3.38. The summed E-state index contributed by atoms with van der Waals surface area (Å²) in [4.78, 5) is 31.0. The van der Waals surface area contributed by atoms with Gasteiger partial charge in [-0.1, -0.05) is 0 Å². The Morgan fingerprint density at radius 2 is 1.90 bits per heavy atom. The molecule has 1 N–H and O–H groups in total. The van der Waals surface area contributed by atoms with Crippen molar-refractivity contribution >= 4 is 17.7 Å². The van der Waals surface area contributed by atoms with E-state index in [9.17, 15) is 9.59 Å². The number of nitrogens with zero attached hydrogens (tertiary/aromatic N) is 3. The molecule has 0 aromatic carbocycles. The molecule has 2 aliphatic rings. The molecule has 1 aliphatic carbocycles. The number of aryl methyl sites for hydroxylation is 1. The van der Waals surface area contributed by atoms with E-state index in [1.54, 1.807) is 19.4 Å². The lowest BCUT2D eigenvalue weighted by Crippen LogP contribution is -2.50. The normalized spacial score (nSPS) is 25.6. The van der Waals surface area contributed by atoms with Crippen molar-refractivity contribution in [2.24, 2.45) is 18.9 Å². The number of pyridine rings is 1. The molecule has 160 valence electrons. The van der Waals surface area contributed by atoms with Crippen LogP contribution in [0.25, 0.3) is 0 Å². The maximum Gasteiger partial charge on any atom is 0.339 e. The van der Waals surface area contributed by atoms with Crippen LogP contribution < -0.4 is 10.2 Å². The summed E-state index contributed by atoms with van der Waals surface area (Å²) in [6.45, 7) is 1.77. The minimum atomic E-state index is -0.385. The number of amides is 1. The highest BCUT2D eigenvalue weighted by Crippen LogP contribution is 2.39. The zero-order chi connectivity index (χ0) is 21.3. The average molecular weight is 412 g/mol. The Bertz CT molecular complexity index is 910. The second kappa shape index (κ2) is 8.47. The first-order valence-electron chi connectivity index (χ1n) is 10.2. The second-order valence-corrected chi connectivity index (χ2v) is 8.15. The smallest absolute Gasteiger partial charge is 0.339 e. The number of nitrogens with one attached hydrogen (secondary N) is 1. The molecule has 2 aromatic rings. The number of rotatable bonds is 5. The quantitative estimate of drug-likeness (QED) is 0.755. The molecule has 4 rings (SSSR count). The molecule has 0 radical (unpaired) electrons. The maximum atomic E-state index is 12.7. The molecule has 30 heavy (non-hydrogen) atoms. The zero-order valence-electron chi connectivity index (χ0n) is 17.6. The van der Waals surface area contributed by atoms with Gasteiger partial charge in [-0.25, -0.2) is 9.78 Å². The predicted molar refractivity (Wildman–Crippen MR) is 111 cm³/mol. The van der Waals surface area contributed by atoms with Crippen LogP contribution in [0.3, 0.4) is 0 Å². The standard InChI is InChI=1S/C22H28N4O4/c1-25-8-4-5-18(25)21(27)24-17-9-15-12-26(13-16(15)10-19(17)29-2)20-7-6-14(11-23-20)22(28)30-3/h4-8,11,15-17,19H,9-10,12-13H2,1-3H3,(H,24,27)/t15-,16+,17-,19-/m0/s1. The molecule has 1 aliphatic heterocycles. The minimum absolute atomic E-state index is 0.00919. The van der Waals surface area contributed by atoms with E-state index >= 15 is 0 Å². The molecule has 0 bridgehead atoms. The van der Waals surface area contributed by atoms with E-state index in [4.69, 9.17) is 9.47 Å². The van der Waals surface area contributed by atoms with Gasteiger partial charge in [-0.3, -0.25) is 4.79 Å². The Balaban J connectivity index is 1.43. The van der Waals surface area contributed by atoms with Crippen LogP contribution in [-0.2, 0) is 16.5 Å². The summed E-state index contributed by atoms with van der Waals surface area (Å²) in [6, 6.07) is 7.29. The molecular formula is C22H28N4O4. The first-order valence-corrected chi connectivity index (χ1v) is 10.2. The van der Waals surface area contributed by atoms with Crippen molar-refractivity contribution in [3.63, 3.8) is 0 Å². The summed E-state index contributed by atoms with van der Waals surface area (Å²) in [5.74, 6) is 1.35. The van der Waals surface area contributed by atoms with Crippen molar-refractivity contribution in [1.82, 2.24) is 14.9 Å². The van der Waals surface area contributed by atoms with Crippen LogP contribution in [0, 0.1) is 11.8 Å². The Morgan fingerprint density at radius 3 is 2.50 bits per heavy atom. The van der Waals surface area contributed by atoms with Gasteiger partial charge in [0.2, 0.25) is 0 Å². The van der Waals surface area contributed by atoms with Crippen LogP contribution in [0.1, 0.15) is 33.7 Å². The summed E-state index contributed by atoms with van der Waals surface area (Å²) in [5.41, 5.74) is 1.09. The summed E-state index contributed by atoms with van der Waals surface area (Å²) in [7, 11) is 4.94. The summed E-state index contributed by atoms with van der Waals surface area (Å²) in [5, 5.41) is 3.19. The van der Waals surface area contributed by atoms with Gasteiger partial charge in [-0.15, -0.1) is 0 Å². The molecule has 8 nitrogen and oxygen atoms in total. The van der Waals surface area contributed by atoms with Gasteiger partial charge < -0.3 is 24.3 Å².